The number of benzene rings is 1. The van der Waals surface area contributed by atoms with Gasteiger partial charge in [0.2, 0.25) is 0 Å². The molecule has 2 rings (SSSR count). The average Bonchev–Trinajstić information content (AvgIpc) is 2.38. The molecule has 19 heavy (non-hydrogen) atoms. The van der Waals surface area contributed by atoms with Crippen molar-refractivity contribution in [1.29, 1.82) is 0 Å². The van der Waals surface area contributed by atoms with E-state index in [1.54, 1.807) is 19.1 Å². The monoisotopic (exact) mass is 266 g/mol. The molecule has 0 aliphatic carbocycles. The van der Waals surface area contributed by atoms with Crippen molar-refractivity contribution in [3.8, 4) is 0 Å². The maximum Gasteiger partial charge on any atom is 0.146 e. The van der Waals surface area contributed by atoms with E-state index in [9.17, 15) is 9.50 Å². The molecule has 0 radical (unpaired) electrons. The molecule has 3 nitrogen and oxygen atoms in total. The van der Waals surface area contributed by atoms with Gasteiger partial charge in [0.05, 0.1) is 11.8 Å². The van der Waals surface area contributed by atoms with Crippen molar-refractivity contribution in [2.45, 2.75) is 31.9 Å². The molecule has 0 amide bonds. The molecule has 1 aliphatic rings. The van der Waals surface area contributed by atoms with E-state index in [0.29, 0.717) is 17.3 Å². The second-order valence-corrected chi connectivity index (χ2v) is 5.53. The fourth-order valence-electron chi connectivity index (χ4n) is 2.65. The standard InChI is InChI=1S/C15H23FN2O/c1-11(19)12-4-5-15(14(16)10-12)18(3)13-6-8-17(2)9-7-13/h4-5,10-11,13,19H,6-9H2,1-3H3. The first-order chi connectivity index (χ1) is 8.99. The highest BCUT2D eigenvalue weighted by Gasteiger charge is 2.22. The van der Waals surface area contributed by atoms with Crippen molar-refractivity contribution in [1.82, 2.24) is 4.90 Å². The van der Waals surface area contributed by atoms with Crippen LogP contribution in [0.5, 0.6) is 0 Å². The van der Waals surface area contributed by atoms with Gasteiger partial charge in [-0.3, -0.25) is 0 Å². The largest absolute Gasteiger partial charge is 0.389 e. The Morgan fingerprint density at radius 3 is 2.53 bits per heavy atom. The molecule has 1 heterocycles. The number of piperidine rings is 1. The van der Waals surface area contributed by atoms with E-state index < -0.39 is 6.10 Å². The molecular formula is C15H23FN2O. The van der Waals surface area contributed by atoms with Crippen LogP contribution in [0.25, 0.3) is 0 Å². The van der Waals surface area contributed by atoms with Crippen molar-refractivity contribution in [2.24, 2.45) is 0 Å². The lowest BCUT2D eigenvalue weighted by molar-refractivity contribution is 0.199. The van der Waals surface area contributed by atoms with Gasteiger partial charge in [0, 0.05) is 13.1 Å². The van der Waals surface area contributed by atoms with Crippen LogP contribution in [0.15, 0.2) is 18.2 Å². The molecule has 1 fully saturated rings. The van der Waals surface area contributed by atoms with Crippen molar-refractivity contribution in [3.05, 3.63) is 29.6 Å². The van der Waals surface area contributed by atoms with Gasteiger partial charge >= 0.3 is 0 Å². The molecular weight excluding hydrogens is 243 g/mol. The Kier molecular flexibility index (Phi) is 4.42. The zero-order valence-electron chi connectivity index (χ0n) is 11.9. The van der Waals surface area contributed by atoms with Crippen LogP contribution < -0.4 is 4.90 Å². The lowest BCUT2D eigenvalue weighted by Gasteiger charge is -2.36. The van der Waals surface area contributed by atoms with Crippen LogP contribution in [0.4, 0.5) is 10.1 Å². The maximum absolute atomic E-state index is 14.1. The van der Waals surface area contributed by atoms with Crippen LogP contribution in [0.1, 0.15) is 31.4 Å². The summed E-state index contributed by atoms with van der Waals surface area (Å²) in [6.45, 7) is 3.76. The number of hydrogen-bond donors (Lipinski definition) is 1. The number of nitrogens with zero attached hydrogens (tertiary/aromatic N) is 2. The zero-order chi connectivity index (χ0) is 14.0. The lowest BCUT2D eigenvalue weighted by atomic mass is 10.0. The van der Waals surface area contributed by atoms with Crippen LogP contribution in [-0.2, 0) is 0 Å². The number of anilines is 1. The Labute approximate surface area is 114 Å². The second-order valence-electron chi connectivity index (χ2n) is 5.53. The molecule has 1 aromatic carbocycles. The fourth-order valence-corrected chi connectivity index (χ4v) is 2.65. The summed E-state index contributed by atoms with van der Waals surface area (Å²) in [5.74, 6) is -0.250. The first kappa shape index (κ1) is 14.3. The first-order valence-corrected chi connectivity index (χ1v) is 6.88. The third-order valence-corrected chi connectivity index (χ3v) is 4.07. The third kappa shape index (κ3) is 3.25. The average molecular weight is 266 g/mol. The van der Waals surface area contributed by atoms with Crippen molar-refractivity contribution in [3.63, 3.8) is 0 Å². The highest BCUT2D eigenvalue weighted by atomic mass is 19.1. The number of likely N-dealkylation sites (tertiary alicyclic amines) is 1. The number of halogens is 1. The predicted molar refractivity (Wildman–Crippen MR) is 76.0 cm³/mol. The van der Waals surface area contributed by atoms with E-state index in [2.05, 4.69) is 11.9 Å². The summed E-state index contributed by atoms with van der Waals surface area (Å²) in [5, 5.41) is 9.47. The zero-order valence-corrected chi connectivity index (χ0v) is 11.9. The summed E-state index contributed by atoms with van der Waals surface area (Å²) >= 11 is 0. The van der Waals surface area contributed by atoms with Gasteiger partial charge in [-0.25, -0.2) is 4.39 Å². The second kappa shape index (κ2) is 5.88. The molecule has 0 aromatic heterocycles. The van der Waals surface area contributed by atoms with Gasteiger partial charge in [-0.1, -0.05) is 6.07 Å². The summed E-state index contributed by atoms with van der Waals surface area (Å²) in [6.07, 6.45) is 1.49. The van der Waals surface area contributed by atoms with Crippen LogP contribution >= 0.6 is 0 Å². The number of aliphatic hydroxyl groups is 1. The van der Waals surface area contributed by atoms with E-state index in [0.717, 1.165) is 25.9 Å². The highest BCUT2D eigenvalue weighted by Crippen LogP contribution is 2.26. The first-order valence-electron chi connectivity index (χ1n) is 6.88. The van der Waals surface area contributed by atoms with Crippen molar-refractivity contribution in [2.75, 3.05) is 32.1 Å². The molecule has 0 saturated carbocycles. The summed E-state index contributed by atoms with van der Waals surface area (Å²) < 4.78 is 14.1. The number of rotatable bonds is 3. The van der Waals surface area contributed by atoms with E-state index in [1.807, 2.05) is 11.9 Å². The maximum atomic E-state index is 14.1. The van der Waals surface area contributed by atoms with Gasteiger partial charge < -0.3 is 14.9 Å². The lowest BCUT2D eigenvalue weighted by Crippen LogP contribution is -2.42. The van der Waals surface area contributed by atoms with Crippen LogP contribution in [0, 0.1) is 5.82 Å². The molecule has 106 valence electrons. The molecule has 0 spiro atoms. The van der Waals surface area contributed by atoms with Gasteiger partial charge in [0.25, 0.3) is 0 Å². The van der Waals surface area contributed by atoms with Crippen molar-refractivity contribution >= 4 is 5.69 Å². The number of aliphatic hydroxyl groups excluding tert-OH is 1. The van der Waals surface area contributed by atoms with Crippen LogP contribution in [0.2, 0.25) is 0 Å². The third-order valence-electron chi connectivity index (χ3n) is 4.07. The van der Waals surface area contributed by atoms with Gasteiger partial charge in [0.15, 0.2) is 0 Å². The minimum Gasteiger partial charge on any atom is -0.389 e. The molecule has 4 heteroatoms. The number of hydrogen-bond acceptors (Lipinski definition) is 3. The quantitative estimate of drug-likeness (QED) is 0.910. The Bertz CT molecular complexity index is 428. The van der Waals surface area contributed by atoms with Crippen LogP contribution in [0.3, 0.4) is 0 Å². The molecule has 1 aromatic rings. The highest BCUT2D eigenvalue weighted by molar-refractivity contribution is 5.49. The summed E-state index contributed by atoms with van der Waals surface area (Å²) in [7, 11) is 4.07. The SMILES string of the molecule is CC(O)c1ccc(N(C)C2CCN(C)CC2)c(F)c1. The summed E-state index contributed by atoms with van der Waals surface area (Å²) in [5.41, 5.74) is 1.25. The normalized spacial score (nSPS) is 19.4. The van der Waals surface area contributed by atoms with Gasteiger partial charge in [-0.05, 0) is 57.6 Å². The Balaban J connectivity index is 2.12. The van der Waals surface area contributed by atoms with Gasteiger partial charge in [0.1, 0.15) is 5.82 Å². The van der Waals surface area contributed by atoms with E-state index in [4.69, 9.17) is 0 Å². The smallest absolute Gasteiger partial charge is 0.146 e. The van der Waals surface area contributed by atoms with Gasteiger partial charge in [-0.2, -0.15) is 0 Å². The molecule has 1 aliphatic heterocycles. The Morgan fingerprint density at radius 2 is 2.00 bits per heavy atom. The van der Waals surface area contributed by atoms with Crippen molar-refractivity contribution < 1.29 is 9.50 Å². The molecule has 0 bridgehead atoms. The molecule has 1 unspecified atom stereocenters. The molecule has 1 saturated heterocycles. The summed E-state index contributed by atoms with van der Waals surface area (Å²) in [6, 6.07) is 5.40. The Morgan fingerprint density at radius 1 is 1.37 bits per heavy atom. The van der Waals surface area contributed by atoms with E-state index in [-0.39, 0.29) is 5.82 Å². The van der Waals surface area contributed by atoms with E-state index in [1.165, 1.54) is 6.07 Å². The molecule has 1 N–H and O–H groups in total. The molecule has 1 atom stereocenters. The Hall–Kier alpha value is -1.13. The minimum absolute atomic E-state index is 0.250. The van der Waals surface area contributed by atoms with Gasteiger partial charge in [-0.15, -0.1) is 0 Å². The minimum atomic E-state index is -0.628. The van der Waals surface area contributed by atoms with E-state index >= 15 is 0 Å². The fraction of sp³-hybridized carbons (Fsp3) is 0.600. The topological polar surface area (TPSA) is 26.7 Å². The summed E-state index contributed by atoms with van der Waals surface area (Å²) in [4.78, 5) is 4.34. The van der Waals surface area contributed by atoms with Crippen LogP contribution in [-0.4, -0.2) is 43.2 Å². The predicted octanol–water partition coefficient (Wildman–Crippen LogP) is 2.41.